The molecule has 14 heavy (non-hydrogen) atoms. The second-order valence-electron chi connectivity index (χ2n) is 3.98. The molecule has 0 aliphatic carbocycles. The van der Waals surface area contributed by atoms with Crippen molar-refractivity contribution in [3.8, 4) is 0 Å². The SMILES string of the molecule is CC/C(=C\C(C)OC)CCNC(C)C. The topological polar surface area (TPSA) is 21.3 Å². The summed E-state index contributed by atoms with van der Waals surface area (Å²) in [7, 11) is 1.75. The predicted octanol–water partition coefficient (Wildman–Crippen LogP) is 2.75. The van der Waals surface area contributed by atoms with Gasteiger partial charge in [-0.3, -0.25) is 0 Å². The van der Waals surface area contributed by atoms with E-state index in [2.05, 4.69) is 39.1 Å². The molecule has 0 aromatic heterocycles. The molecule has 0 heterocycles. The van der Waals surface area contributed by atoms with E-state index in [1.54, 1.807) is 7.11 Å². The van der Waals surface area contributed by atoms with Crippen LogP contribution in [0.15, 0.2) is 11.6 Å². The van der Waals surface area contributed by atoms with Crippen LogP contribution in [-0.2, 0) is 4.74 Å². The maximum atomic E-state index is 5.21. The van der Waals surface area contributed by atoms with Crippen molar-refractivity contribution in [2.75, 3.05) is 13.7 Å². The van der Waals surface area contributed by atoms with Crippen LogP contribution in [0.25, 0.3) is 0 Å². The molecule has 0 spiro atoms. The molecule has 0 amide bonds. The summed E-state index contributed by atoms with van der Waals surface area (Å²) in [6.45, 7) is 9.68. The first-order valence-electron chi connectivity index (χ1n) is 5.55. The Hall–Kier alpha value is -0.340. The van der Waals surface area contributed by atoms with Gasteiger partial charge in [0.05, 0.1) is 6.10 Å². The monoisotopic (exact) mass is 199 g/mol. The zero-order chi connectivity index (χ0) is 11.0. The van der Waals surface area contributed by atoms with Crippen molar-refractivity contribution >= 4 is 0 Å². The van der Waals surface area contributed by atoms with E-state index in [1.807, 2.05) is 0 Å². The maximum absolute atomic E-state index is 5.21. The molecule has 0 saturated heterocycles. The summed E-state index contributed by atoms with van der Waals surface area (Å²) in [5, 5.41) is 3.42. The normalized spacial score (nSPS) is 14.9. The van der Waals surface area contributed by atoms with Crippen LogP contribution in [0, 0.1) is 0 Å². The highest BCUT2D eigenvalue weighted by Crippen LogP contribution is 2.08. The Labute approximate surface area is 88.7 Å². The van der Waals surface area contributed by atoms with E-state index in [1.165, 1.54) is 5.57 Å². The Bertz CT molecular complexity index is 164. The summed E-state index contributed by atoms with van der Waals surface area (Å²) in [4.78, 5) is 0. The lowest BCUT2D eigenvalue weighted by Crippen LogP contribution is -2.24. The van der Waals surface area contributed by atoms with Crippen LogP contribution in [0.3, 0.4) is 0 Å². The molecular weight excluding hydrogens is 174 g/mol. The average Bonchev–Trinajstić information content (AvgIpc) is 2.15. The highest BCUT2D eigenvalue weighted by Gasteiger charge is 1.99. The number of ether oxygens (including phenoxy) is 1. The van der Waals surface area contributed by atoms with Crippen LogP contribution in [-0.4, -0.2) is 25.8 Å². The lowest BCUT2D eigenvalue weighted by molar-refractivity contribution is 0.155. The third kappa shape index (κ3) is 7.10. The smallest absolute Gasteiger partial charge is 0.0726 e. The van der Waals surface area contributed by atoms with Gasteiger partial charge in [0, 0.05) is 13.2 Å². The highest BCUT2D eigenvalue weighted by atomic mass is 16.5. The molecule has 0 aromatic carbocycles. The van der Waals surface area contributed by atoms with Crippen LogP contribution in [0.2, 0.25) is 0 Å². The van der Waals surface area contributed by atoms with Gasteiger partial charge in [0.1, 0.15) is 0 Å². The summed E-state index contributed by atoms with van der Waals surface area (Å²) in [5.41, 5.74) is 1.48. The van der Waals surface area contributed by atoms with Crippen molar-refractivity contribution in [3.63, 3.8) is 0 Å². The molecule has 84 valence electrons. The van der Waals surface area contributed by atoms with Gasteiger partial charge in [-0.2, -0.15) is 0 Å². The number of hydrogen-bond acceptors (Lipinski definition) is 2. The molecule has 0 aromatic rings. The Kier molecular flexibility index (Phi) is 7.81. The Morgan fingerprint density at radius 3 is 2.43 bits per heavy atom. The van der Waals surface area contributed by atoms with Crippen molar-refractivity contribution in [3.05, 3.63) is 11.6 Å². The minimum absolute atomic E-state index is 0.240. The van der Waals surface area contributed by atoms with Crippen LogP contribution >= 0.6 is 0 Å². The third-order valence-electron chi connectivity index (χ3n) is 2.30. The van der Waals surface area contributed by atoms with Gasteiger partial charge in [-0.15, -0.1) is 0 Å². The molecule has 2 nitrogen and oxygen atoms in total. The lowest BCUT2D eigenvalue weighted by atomic mass is 10.1. The molecule has 1 N–H and O–H groups in total. The van der Waals surface area contributed by atoms with Crippen LogP contribution in [0.5, 0.6) is 0 Å². The molecule has 1 atom stereocenters. The van der Waals surface area contributed by atoms with Gasteiger partial charge < -0.3 is 10.1 Å². The molecule has 0 rings (SSSR count). The molecule has 0 fully saturated rings. The van der Waals surface area contributed by atoms with Gasteiger partial charge >= 0.3 is 0 Å². The number of nitrogens with one attached hydrogen (secondary N) is 1. The fraction of sp³-hybridized carbons (Fsp3) is 0.833. The molecule has 0 aliphatic heterocycles. The maximum Gasteiger partial charge on any atom is 0.0726 e. The van der Waals surface area contributed by atoms with Gasteiger partial charge in [-0.05, 0) is 26.3 Å². The zero-order valence-electron chi connectivity index (χ0n) is 10.3. The molecular formula is C12H25NO. The standard InChI is InChI=1S/C12H25NO/c1-6-12(9-11(4)14-5)7-8-13-10(2)3/h9-11,13H,6-8H2,1-5H3/b12-9+. The summed E-state index contributed by atoms with van der Waals surface area (Å²) in [5.74, 6) is 0. The van der Waals surface area contributed by atoms with E-state index >= 15 is 0 Å². The fourth-order valence-electron chi connectivity index (χ4n) is 1.30. The largest absolute Gasteiger partial charge is 0.378 e. The van der Waals surface area contributed by atoms with E-state index in [0.717, 1.165) is 19.4 Å². The molecule has 2 heteroatoms. The molecule has 0 saturated carbocycles. The Morgan fingerprint density at radius 1 is 1.36 bits per heavy atom. The van der Waals surface area contributed by atoms with E-state index in [-0.39, 0.29) is 6.10 Å². The van der Waals surface area contributed by atoms with Gasteiger partial charge in [0.25, 0.3) is 0 Å². The van der Waals surface area contributed by atoms with E-state index in [0.29, 0.717) is 6.04 Å². The van der Waals surface area contributed by atoms with E-state index in [4.69, 9.17) is 4.74 Å². The van der Waals surface area contributed by atoms with Crippen molar-refractivity contribution in [1.29, 1.82) is 0 Å². The molecule has 0 bridgehead atoms. The number of methoxy groups -OCH3 is 1. The first-order chi connectivity index (χ1) is 6.60. The van der Waals surface area contributed by atoms with Gasteiger partial charge in [0.2, 0.25) is 0 Å². The van der Waals surface area contributed by atoms with Gasteiger partial charge in [0.15, 0.2) is 0 Å². The van der Waals surface area contributed by atoms with Crippen molar-refractivity contribution < 1.29 is 4.74 Å². The van der Waals surface area contributed by atoms with Crippen LogP contribution in [0.4, 0.5) is 0 Å². The third-order valence-corrected chi connectivity index (χ3v) is 2.30. The van der Waals surface area contributed by atoms with Crippen molar-refractivity contribution in [2.45, 2.75) is 52.7 Å². The van der Waals surface area contributed by atoms with Gasteiger partial charge in [-0.1, -0.05) is 32.4 Å². The predicted molar refractivity (Wildman–Crippen MR) is 62.6 cm³/mol. The number of hydrogen-bond donors (Lipinski definition) is 1. The Balaban J connectivity index is 3.84. The van der Waals surface area contributed by atoms with Crippen molar-refractivity contribution in [1.82, 2.24) is 5.32 Å². The summed E-state index contributed by atoms with van der Waals surface area (Å²) in [6.07, 6.45) is 4.71. The number of rotatable bonds is 7. The second-order valence-corrected chi connectivity index (χ2v) is 3.98. The van der Waals surface area contributed by atoms with E-state index < -0.39 is 0 Å². The first-order valence-corrected chi connectivity index (χ1v) is 5.55. The molecule has 0 aliphatic rings. The first kappa shape index (κ1) is 13.7. The molecule has 0 radical (unpaired) electrons. The summed E-state index contributed by atoms with van der Waals surface area (Å²) >= 11 is 0. The fourth-order valence-corrected chi connectivity index (χ4v) is 1.30. The second kappa shape index (κ2) is 8.01. The summed E-state index contributed by atoms with van der Waals surface area (Å²) < 4.78 is 5.21. The van der Waals surface area contributed by atoms with Crippen LogP contribution < -0.4 is 5.32 Å². The summed E-state index contributed by atoms with van der Waals surface area (Å²) in [6, 6.07) is 0.577. The van der Waals surface area contributed by atoms with E-state index in [9.17, 15) is 0 Å². The quantitative estimate of drug-likeness (QED) is 0.637. The van der Waals surface area contributed by atoms with Gasteiger partial charge in [-0.25, -0.2) is 0 Å². The zero-order valence-corrected chi connectivity index (χ0v) is 10.3. The Morgan fingerprint density at radius 2 is 2.00 bits per heavy atom. The minimum atomic E-state index is 0.240. The molecule has 1 unspecified atom stereocenters. The lowest BCUT2D eigenvalue weighted by Gasteiger charge is -2.11. The average molecular weight is 199 g/mol. The van der Waals surface area contributed by atoms with Crippen LogP contribution in [0.1, 0.15) is 40.5 Å². The minimum Gasteiger partial charge on any atom is -0.378 e. The van der Waals surface area contributed by atoms with Crippen molar-refractivity contribution in [2.24, 2.45) is 0 Å². The highest BCUT2D eigenvalue weighted by molar-refractivity contribution is 5.04.